The van der Waals surface area contributed by atoms with E-state index in [9.17, 15) is 4.79 Å². The molecule has 5 rings (SSSR count). The summed E-state index contributed by atoms with van der Waals surface area (Å²) in [6, 6.07) is 27.8. The zero-order chi connectivity index (χ0) is 22.8. The number of amides is 1. The Bertz CT molecular complexity index is 1480. The topological polar surface area (TPSA) is 55.1 Å². The number of hydrogen-bond acceptors (Lipinski definition) is 3. The number of fused-ring (bicyclic) bond motifs is 3. The zero-order valence-corrected chi connectivity index (χ0v) is 18.6. The molecule has 0 radical (unpaired) electrons. The molecule has 162 valence electrons. The molecule has 0 aliphatic heterocycles. The van der Waals surface area contributed by atoms with Crippen LogP contribution in [-0.2, 0) is 4.79 Å². The summed E-state index contributed by atoms with van der Waals surface area (Å²) < 4.78 is 6.17. The van der Waals surface area contributed by atoms with E-state index in [-0.39, 0.29) is 5.91 Å². The van der Waals surface area contributed by atoms with Crippen molar-refractivity contribution in [1.82, 2.24) is 4.98 Å². The Labute approximate surface area is 192 Å². The van der Waals surface area contributed by atoms with Crippen LogP contribution in [0, 0.1) is 0 Å². The molecule has 4 aromatic carbocycles. The van der Waals surface area contributed by atoms with E-state index in [1.165, 1.54) is 5.56 Å². The quantitative estimate of drug-likeness (QED) is 0.294. The third kappa shape index (κ3) is 4.28. The Kier molecular flexibility index (Phi) is 5.49. The molecular formula is C29H24N2O2. The van der Waals surface area contributed by atoms with Gasteiger partial charge in [-0.05, 0) is 46.7 Å². The molecule has 0 bridgehead atoms. The molecule has 0 saturated carbocycles. The van der Waals surface area contributed by atoms with E-state index in [1.807, 2.05) is 78.9 Å². The van der Waals surface area contributed by atoms with Gasteiger partial charge in [0.2, 0.25) is 11.8 Å². The van der Waals surface area contributed by atoms with Gasteiger partial charge in [-0.3, -0.25) is 4.79 Å². The normalized spacial score (nSPS) is 11.6. The molecule has 1 heterocycles. The Morgan fingerprint density at radius 1 is 0.909 bits per heavy atom. The summed E-state index contributed by atoms with van der Waals surface area (Å²) in [7, 11) is 0. The first kappa shape index (κ1) is 20.7. The molecule has 4 nitrogen and oxygen atoms in total. The second-order valence-corrected chi connectivity index (χ2v) is 8.34. The maximum Gasteiger partial charge on any atom is 0.248 e. The highest BCUT2D eigenvalue weighted by atomic mass is 16.3. The van der Waals surface area contributed by atoms with Gasteiger partial charge in [0.15, 0.2) is 5.58 Å². The van der Waals surface area contributed by atoms with Gasteiger partial charge < -0.3 is 9.73 Å². The molecule has 1 aromatic heterocycles. The predicted molar refractivity (Wildman–Crippen MR) is 135 cm³/mol. The summed E-state index contributed by atoms with van der Waals surface area (Å²) in [6.07, 6.45) is 3.36. The zero-order valence-electron chi connectivity index (χ0n) is 18.6. The summed E-state index contributed by atoms with van der Waals surface area (Å²) in [5, 5.41) is 5.08. The van der Waals surface area contributed by atoms with Crippen molar-refractivity contribution in [1.29, 1.82) is 0 Å². The fraction of sp³-hybridized carbons (Fsp3) is 0.103. The first-order chi connectivity index (χ1) is 16.1. The highest BCUT2D eigenvalue weighted by molar-refractivity contribution is 6.05. The minimum atomic E-state index is -0.211. The summed E-state index contributed by atoms with van der Waals surface area (Å²) >= 11 is 0. The molecule has 0 aliphatic rings. The van der Waals surface area contributed by atoms with Gasteiger partial charge in [0, 0.05) is 11.5 Å². The molecule has 0 unspecified atom stereocenters. The molecule has 0 saturated heterocycles. The van der Waals surface area contributed by atoms with Gasteiger partial charge in [-0.25, -0.2) is 4.98 Å². The lowest BCUT2D eigenvalue weighted by Gasteiger charge is -2.07. The number of aromatic nitrogens is 1. The number of oxazole rings is 1. The maximum atomic E-state index is 12.6. The van der Waals surface area contributed by atoms with Crippen molar-refractivity contribution in [3.05, 3.63) is 102 Å². The number of benzene rings is 4. The van der Waals surface area contributed by atoms with Crippen LogP contribution in [0.25, 0.3) is 39.4 Å². The fourth-order valence-corrected chi connectivity index (χ4v) is 3.89. The lowest BCUT2D eigenvalue weighted by atomic mass is 10.0. The summed E-state index contributed by atoms with van der Waals surface area (Å²) in [5.74, 6) is 0.745. The number of carbonyl (C=O) groups is 1. The van der Waals surface area contributed by atoms with E-state index in [0.29, 0.717) is 17.5 Å². The van der Waals surface area contributed by atoms with Crippen molar-refractivity contribution in [2.45, 2.75) is 19.8 Å². The minimum absolute atomic E-state index is 0.211. The Hall–Kier alpha value is -4.18. The van der Waals surface area contributed by atoms with E-state index < -0.39 is 0 Å². The molecule has 5 aromatic rings. The standard InChI is InChI=1S/C29H24N2O2/c1-19(2)21-14-11-20(12-15-21)13-18-27(32)30-25-10-6-5-9-24(25)29-31-26-17-16-22-7-3-4-8-23(22)28(26)33-29/h3-19H,1-2H3,(H,30,32). The number of rotatable bonds is 5. The number of hydrogen-bond donors (Lipinski definition) is 1. The van der Waals surface area contributed by atoms with E-state index >= 15 is 0 Å². The van der Waals surface area contributed by atoms with Crippen LogP contribution in [0.15, 0.2) is 95.4 Å². The van der Waals surface area contributed by atoms with Gasteiger partial charge >= 0.3 is 0 Å². The second-order valence-electron chi connectivity index (χ2n) is 8.34. The molecule has 0 aliphatic carbocycles. The third-order valence-electron chi connectivity index (χ3n) is 5.73. The molecule has 33 heavy (non-hydrogen) atoms. The number of carbonyl (C=O) groups excluding carboxylic acids is 1. The van der Waals surface area contributed by atoms with Crippen LogP contribution in [0.2, 0.25) is 0 Å². The van der Waals surface area contributed by atoms with E-state index in [0.717, 1.165) is 33.0 Å². The van der Waals surface area contributed by atoms with E-state index in [4.69, 9.17) is 4.42 Å². The van der Waals surface area contributed by atoms with Gasteiger partial charge in [-0.15, -0.1) is 0 Å². The Morgan fingerprint density at radius 3 is 2.48 bits per heavy atom. The summed E-state index contributed by atoms with van der Waals surface area (Å²) in [4.78, 5) is 17.3. The Morgan fingerprint density at radius 2 is 1.67 bits per heavy atom. The predicted octanol–water partition coefficient (Wildman–Crippen LogP) is 7.42. The monoisotopic (exact) mass is 432 g/mol. The van der Waals surface area contributed by atoms with Crippen molar-refractivity contribution < 1.29 is 9.21 Å². The van der Waals surface area contributed by atoms with Gasteiger partial charge in [0.05, 0.1) is 11.3 Å². The van der Waals surface area contributed by atoms with Crippen LogP contribution >= 0.6 is 0 Å². The Balaban J connectivity index is 1.41. The smallest absolute Gasteiger partial charge is 0.248 e. The lowest BCUT2D eigenvalue weighted by Crippen LogP contribution is -2.08. The van der Waals surface area contributed by atoms with Crippen molar-refractivity contribution in [3.63, 3.8) is 0 Å². The van der Waals surface area contributed by atoms with Crippen LogP contribution in [-0.4, -0.2) is 10.9 Å². The minimum Gasteiger partial charge on any atom is -0.435 e. The van der Waals surface area contributed by atoms with Gasteiger partial charge in [0.1, 0.15) is 5.52 Å². The van der Waals surface area contributed by atoms with Crippen molar-refractivity contribution >= 4 is 39.5 Å². The van der Waals surface area contributed by atoms with Gasteiger partial charge in [-0.1, -0.05) is 80.6 Å². The van der Waals surface area contributed by atoms with Crippen LogP contribution < -0.4 is 5.32 Å². The van der Waals surface area contributed by atoms with Crippen molar-refractivity contribution in [2.75, 3.05) is 5.32 Å². The highest BCUT2D eigenvalue weighted by Gasteiger charge is 2.15. The molecule has 0 atom stereocenters. The number of nitrogens with one attached hydrogen (secondary N) is 1. The molecule has 1 amide bonds. The molecule has 4 heteroatoms. The average Bonchev–Trinajstić information content (AvgIpc) is 3.28. The summed E-state index contributed by atoms with van der Waals surface area (Å²) in [6.45, 7) is 4.32. The second kappa shape index (κ2) is 8.75. The van der Waals surface area contributed by atoms with E-state index in [2.05, 4.69) is 36.3 Å². The largest absolute Gasteiger partial charge is 0.435 e. The lowest BCUT2D eigenvalue weighted by molar-refractivity contribution is -0.111. The SMILES string of the molecule is CC(C)c1ccc(C=CC(=O)Nc2ccccc2-c2nc3ccc4ccccc4c3o2)cc1. The average molecular weight is 433 g/mol. The van der Waals surface area contributed by atoms with E-state index in [1.54, 1.807) is 6.08 Å². The first-order valence-corrected chi connectivity index (χ1v) is 11.1. The molecule has 1 N–H and O–H groups in total. The first-order valence-electron chi connectivity index (χ1n) is 11.1. The molecule has 0 spiro atoms. The number of nitrogens with zero attached hydrogens (tertiary/aromatic N) is 1. The molecule has 0 fully saturated rings. The van der Waals surface area contributed by atoms with Gasteiger partial charge in [-0.2, -0.15) is 0 Å². The van der Waals surface area contributed by atoms with Gasteiger partial charge in [0.25, 0.3) is 0 Å². The number of anilines is 1. The number of para-hydroxylation sites is 1. The molecular weight excluding hydrogens is 408 g/mol. The third-order valence-corrected chi connectivity index (χ3v) is 5.73. The maximum absolute atomic E-state index is 12.6. The fourth-order valence-electron chi connectivity index (χ4n) is 3.89. The van der Waals surface area contributed by atoms with Crippen LogP contribution in [0.3, 0.4) is 0 Å². The van der Waals surface area contributed by atoms with Crippen LogP contribution in [0.4, 0.5) is 5.69 Å². The van der Waals surface area contributed by atoms with Crippen molar-refractivity contribution in [3.8, 4) is 11.5 Å². The summed E-state index contributed by atoms with van der Waals surface area (Å²) in [5.41, 5.74) is 5.17. The van der Waals surface area contributed by atoms with Crippen molar-refractivity contribution in [2.24, 2.45) is 0 Å². The van der Waals surface area contributed by atoms with Crippen LogP contribution in [0.1, 0.15) is 30.9 Å². The highest BCUT2D eigenvalue weighted by Crippen LogP contribution is 2.33. The van der Waals surface area contributed by atoms with Crippen LogP contribution in [0.5, 0.6) is 0 Å².